The van der Waals surface area contributed by atoms with Crippen molar-refractivity contribution in [2.24, 2.45) is 5.92 Å². The van der Waals surface area contributed by atoms with Crippen molar-refractivity contribution in [3.63, 3.8) is 0 Å². The van der Waals surface area contributed by atoms with Crippen LogP contribution in [0.5, 0.6) is 0 Å². The molecule has 0 aliphatic carbocycles. The van der Waals surface area contributed by atoms with E-state index in [1.54, 1.807) is 0 Å². The quantitative estimate of drug-likeness (QED) is 0.612. The van der Waals surface area contributed by atoms with Crippen molar-refractivity contribution in [3.05, 3.63) is 11.5 Å². The second kappa shape index (κ2) is 2.80. The van der Waals surface area contributed by atoms with Crippen LogP contribution in [0.3, 0.4) is 0 Å². The normalized spacial score (nSPS) is 22.4. The van der Waals surface area contributed by atoms with Crippen LogP contribution in [-0.4, -0.2) is 15.3 Å². The Balaban J connectivity index is 2.45. The Bertz CT molecular complexity index is 304. The van der Waals surface area contributed by atoms with E-state index in [4.69, 9.17) is 0 Å². The van der Waals surface area contributed by atoms with Gasteiger partial charge in [0.25, 0.3) is 0 Å². The van der Waals surface area contributed by atoms with E-state index in [1.807, 2.05) is 11.8 Å². The van der Waals surface area contributed by atoms with Gasteiger partial charge in [0.05, 0.1) is 10.7 Å². The number of imidazole rings is 1. The summed E-state index contributed by atoms with van der Waals surface area (Å²) in [7, 11) is 0. The first-order valence-electron chi connectivity index (χ1n) is 4.35. The monoisotopic (exact) mass is 182 g/mol. The third kappa shape index (κ3) is 1.16. The molecule has 3 heteroatoms. The van der Waals surface area contributed by atoms with Crippen molar-refractivity contribution in [2.75, 3.05) is 5.75 Å². The smallest absolute Gasteiger partial charge is 0.106 e. The van der Waals surface area contributed by atoms with E-state index in [-0.39, 0.29) is 0 Å². The molecular weight excluding hydrogens is 168 g/mol. The molecule has 2 rings (SSSR count). The second-order valence-corrected chi connectivity index (χ2v) is 4.59. The average molecular weight is 182 g/mol. The van der Waals surface area contributed by atoms with Gasteiger partial charge in [0.1, 0.15) is 5.82 Å². The maximum Gasteiger partial charge on any atom is 0.106 e. The lowest BCUT2D eigenvalue weighted by molar-refractivity contribution is 0.481. The number of aromatic nitrogens is 2. The van der Waals surface area contributed by atoms with Gasteiger partial charge in [-0.2, -0.15) is 0 Å². The first-order chi connectivity index (χ1) is 5.68. The second-order valence-electron chi connectivity index (χ2n) is 3.58. The van der Waals surface area contributed by atoms with E-state index in [2.05, 4.69) is 30.3 Å². The molecule has 0 saturated carbocycles. The lowest BCUT2D eigenvalue weighted by Crippen LogP contribution is -2.17. The predicted molar refractivity (Wildman–Crippen MR) is 51.6 cm³/mol. The van der Waals surface area contributed by atoms with E-state index >= 15 is 0 Å². The minimum Gasteiger partial charge on any atom is -0.323 e. The largest absolute Gasteiger partial charge is 0.323 e. The van der Waals surface area contributed by atoms with Gasteiger partial charge in [0.2, 0.25) is 0 Å². The minimum absolute atomic E-state index is 0.787. The Labute approximate surface area is 77.4 Å². The van der Waals surface area contributed by atoms with Gasteiger partial charge in [-0.3, -0.25) is 0 Å². The van der Waals surface area contributed by atoms with E-state index in [9.17, 15) is 0 Å². The number of fused-ring (bicyclic) bond motifs is 1. The molecule has 0 bridgehead atoms. The predicted octanol–water partition coefficient (Wildman–Crippen LogP) is 2.24. The van der Waals surface area contributed by atoms with Gasteiger partial charge in [0.15, 0.2) is 0 Å². The van der Waals surface area contributed by atoms with Crippen molar-refractivity contribution in [1.29, 1.82) is 0 Å². The highest BCUT2D eigenvalue weighted by Crippen LogP contribution is 2.31. The van der Waals surface area contributed by atoms with Crippen LogP contribution < -0.4 is 0 Å². The van der Waals surface area contributed by atoms with Gasteiger partial charge in [-0.25, -0.2) is 4.98 Å². The van der Waals surface area contributed by atoms with Crippen LogP contribution in [0.2, 0.25) is 0 Å². The standard InChI is InChI=1S/C9H14N2S/c1-6-4-11-8(3)10-7(2)9(11)12-5-6/h6H,4-5H2,1-3H3. The molecule has 0 N–H and O–H groups in total. The topological polar surface area (TPSA) is 17.8 Å². The Morgan fingerprint density at radius 1 is 1.50 bits per heavy atom. The Morgan fingerprint density at radius 2 is 2.25 bits per heavy atom. The number of aryl methyl sites for hydroxylation is 2. The molecule has 0 spiro atoms. The number of hydrogen-bond acceptors (Lipinski definition) is 2. The highest BCUT2D eigenvalue weighted by Gasteiger charge is 2.19. The van der Waals surface area contributed by atoms with Crippen molar-refractivity contribution >= 4 is 11.8 Å². The van der Waals surface area contributed by atoms with Crippen molar-refractivity contribution in [2.45, 2.75) is 32.3 Å². The van der Waals surface area contributed by atoms with Crippen molar-refractivity contribution in [3.8, 4) is 0 Å². The summed E-state index contributed by atoms with van der Waals surface area (Å²) in [4.78, 5) is 4.47. The fourth-order valence-corrected chi connectivity index (χ4v) is 2.84. The lowest BCUT2D eigenvalue weighted by Gasteiger charge is -2.21. The number of nitrogens with zero attached hydrogens (tertiary/aromatic N) is 2. The molecule has 0 radical (unpaired) electrons. The van der Waals surface area contributed by atoms with Crippen LogP contribution in [0.15, 0.2) is 5.03 Å². The van der Waals surface area contributed by atoms with Crippen LogP contribution >= 0.6 is 11.8 Å². The van der Waals surface area contributed by atoms with Crippen LogP contribution in [0.4, 0.5) is 0 Å². The fourth-order valence-electron chi connectivity index (χ4n) is 1.68. The zero-order valence-corrected chi connectivity index (χ0v) is 8.61. The van der Waals surface area contributed by atoms with Crippen LogP contribution in [-0.2, 0) is 6.54 Å². The number of rotatable bonds is 0. The molecular formula is C9H14N2S. The lowest BCUT2D eigenvalue weighted by atomic mass is 10.2. The van der Waals surface area contributed by atoms with Gasteiger partial charge < -0.3 is 4.57 Å². The summed E-state index contributed by atoms with van der Waals surface area (Å²) < 4.78 is 2.34. The molecule has 0 amide bonds. The molecule has 1 unspecified atom stereocenters. The summed E-state index contributed by atoms with van der Waals surface area (Å²) >= 11 is 1.94. The van der Waals surface area contributed by atoms with Gasteiger partial charge >= 0.3 is 0 Å². The van der Waals surface area contributed by atoms with E-state index < -0.39 is 0 Å². The SMILES string of the molecule is Cc1nc(C)n2c1SCC(C)C2. The molecule has 0 fully saturated rings. The van der Waals surface area contributed by atoms with E-state index in [0.29, 0.717) is 0 Å². The Kier molecular flexibility index (Phi) is 1.91. The summed E-state index contributed by atoms with van der Waals surface area (Å²) in [6.45, 7) is 7.64. The summed E-state index contributed by atoms with van der Waals surface area (Å²) in [6.07, 6.45) is 0. The number of hydrogen-bond donors (Lipinski definition) is 0. The Morgan fingerprint density at radius 3 is 3.00 bits per heavy atom. The van der Waals surface area contributed by atoms with Crippen LogP contribution in [0.1, 0.15) is 18.4 Å². The number of thioether (sulfide) groups is 1. The molecule has 12 heavy (non-hydrogen) atoms. The zero-order valence-electron chi connectivity index (χ0n) is 7.79. The third-order valence-electron chi connectivity index (χ3n) is 2.27. The van der Waals surface area contributed by atoms with Crippen LogP contribution in [0.25, 0.3) is 0 Å². The summed E-state index contributed by atoms with van der Waals surface area (Å²) in [5.74, 6) is 3.20. The zero-order chi connectivity index (χ0) is 8.72. The third-order valence-corrected chi connectivity index (χ3v) is 3.80. The minimum atomic E-state index is 0.787. The van der Waals surface area contributed by atoms with Gasteiger partial charge in [0, 0.05) is 12.3 Å². The molecule has 2 heterocycles. The summed E-state index contributed by atoms with van der Waals surface area (Å²) in [5.41, 5.74) is 1.20. The van der Waals surface area contributed by atoms with E-state index in [1.165, 1.54) is 22.3 Å². The molecule has 0 aromatic carbocycles. The fraction of sp³-hybridized carbons (Fsp3) is 0.667. The van der Waals surface area contributed by atoms with Gasteiger partial charge in [-0.15, -0.1) is 11.8 Å². The molecule has 1 aliphatic rings. The van der Waals surface area contributed by atoms with Gasteiger partial charge in [-0.1, -0.05) is 6.92 Å². The summed E-state index contributed by atoms with van der Waals surface area (Å²) in [6, 6.07) is 0. The molecule has 0 saturated heterocycles. The summed E-state index contributed by atoms with van der Waals surface area (Å²) in [5, 5.41) is 1.38. The van der Waals surface area contributed by atoms with Gasteiger partial charge in [-0.05, 0) is 19.8 Å². The first-order valence-corrected chi connectivity index (χ1v) is 5.33. The molecule has 1 aromatic heterocycles. The molecule has 66 valence electrons. The molecule has 2 nitrogen and oxygen atoms in total. The highest BCUT2D eigenvalue weighted by molar-refractivity contribution is 7.99. The Hall–Kier alpha value is -0.440. The van der Waals surface area contributed by atoms with Crippen molar-refractivity contribution < 1.29 is 0 Å². The van der Waals surface area contributed by atoms with Crippen LogP contribution in [0, 0.1) is 19.8 Å². The first kappa shape index (κ1) is 8.17. The molecule has 1 aromatic rings. The molecule has 1 aliphatic heterocycles. The van der Waals surface area contributed by atoms with E-state index in [0.717, 1.165) is 12.5 Å². The molecule has 1 atom stereocenters. The highest BCUT2D eigenvalue weighted by atomic mass is 32.2. The average Bonchev–Trinajstić information content (AvgIpc) is 2.28. The maximum atomic E-state index is 4.47. The maximum absolute atomic E-state index is 4.47. The van der Waals surface area contributed by atoms with Crippen molar-refractivity contribution in [1.82, 2.24) is 9.55 Å².